The second-order valence-corrected chi connectivity index (χ2v) is 23.8. The van der Waals surface area contributed by atoms with E-state index in [0.717, 1.165) is 109 Å². The molecule has 0 aromatic heterocycles. The Morgan fingerprint density at radius 1 is 0.263 bits per heavy atom. The zero-order chi connectivity index (χ0) is 57.8. The number of unbranched alkanes of at least 4 members (excludes halogenated alkanes) is 44. The standard InChI is InChI=1S/C74H134O6/c1-4-7-10-13-16-19-22-25-28-30-31-32-33-34-35-36-37-38-39-40-41-42-43-44-47-49-52-55-58-61-64-67-73(76)79-70-71(69-78-72(75)66-63-60-57-54-51-48-45-27-24-21-18-15-12-9-6-3)80-74(77)68-65-62-59-56-53-50-46-29-26-23-20-17-14-11-8-5-2/h9,12,18,21,27,29-31,45-46,71H,4-8,10-11,13-17,19-20,22-26,28,32-44,47-70H2,1-3H3/b12-9-,21-18-,31-30-,45-27-,46-29-. The molecular formula is C74H134O6. The summed E-state index contributed by atoms with van der Waals surface area (Å²) in [5.41, 5.74) is 0. The zero-order valence-electron chi connectivity index (χ0n) is 53.6. The predicted octanol–water partition coefficient (Wildman–Crippen LogP) is 24.3. The molecule has 0 fully saturated rings. The lowest BCUT2D eigenvalue weighted by molar-refractivity contribution is -0.167. The van der Waals surface area contributed by atoms with Crippen LogP contribution in [-0.4, -0.2) is 37.2 Å². The number of carbonyl (C=O) groups is 3. The van der Waals surface area contributed by atoms with Crippen molar-refractivity contribution in [3.8, 4) is 0 Å². The van der Waals surface area contributed by atoms with E-state index in [9.17, 15) is 14.4 Å². The Kier molecular flexibility index (Phi) is 66.1. The molecule has 0 aromatic carbocycles. The van der Waals surface area contributed by atoms with Crippen molar-refractivity contribution in [1.82, 2.24) is 0 Å². The highest BCUT2D eigenvalue weighted by molar-refractivity contribution is 5.71. The summed E-state index contributed by atoms with van der Waals surface area (Å²) in [7, 11) is 0. The highest BCUT2D eigenvalue weighted by Crippen LogP contribution is 2.18. The SMILES string of the molecule is CC/C=C\C/C=C\C/C=C\CCCCCCCC(=O)OCC(COC(=O)CCCCCCCCCCCCCCCCCCCCC/C=C\CCCCCCCCCC)OC(=O)CCCCCCC/C=C\CCCCCCCCC. The van der Waals surface area contributed by atoms with Crippen molar-refractivity contribution in [2.75, 3.05) is 13.2 Å². The van der Waals surface area contributed by atoms with Gasteiger partial charge in [0.15, 0.2) is 6.10 Å². The van der Waals surface area contributed by atoms with Gasteiger partial charge in [-0.05, 0) is 103 Å². The topological polar surface area (TPSA) is 78.9 Å². The van der Waals surface area contributed by atoms with Gasteiger partial charge >= 0.3 is 17.9 Å². The number of esters is 3. The van der Waals surface area contributed by atoms with Gasteiger partial charge in [0.1, 0.15) is 13.2 Å². The Morgan fingerprint density at radius 3 is 0.775 bits per heavy atom. The van der Waals surface area contributed by atoms with Crippen LogP contribution in [0, 0.1) is 0 Å². The molecule has 0 bridgehead atoms. The summed E-state index contributed by atoms with van der Waals surface area (Å²) < 4.78 is 16.9. The van der Waals surface area contributed by atoms with Crippen LogP contribution in [0.5, 0.6) is 0 Å². The Hall–Kier alpha value is -2.89. The Balaban J connectivity index is 4.18. The van der Waals surface area contributed by atoms with Crippen LogP contribution in [0.15, 0.2) is 60.8 Å². The summed E-state index contributed by atoms with van der Waals surface area (Å²) in [4.78, 5) is 38.4. The highest BCUT2D eigenvalue weighted by Gasteiger charge is 2.19. The molecule has 0 aliphatic carbocycles. The third kappa shape index (κ3) is 65.9. The molecule has 0 saturated heterocycles. The van der Waals surface area contributed by atoms with E-state index < -0.39 is 6.10 Å². The largest absolute Gasteiger partial charge is 0.462 e. The molecule has 0 aliphatic heterocycles. The van der Waals surface area contributed by atoms with Gasteiger partial charge < -0.3 is 14.2 Å². The van der Waals surface area contributed by atoms with Gasteiger partial charge in [-0.15, -0.1) is 0 Å². The van der Waals surface area contributed by atoms with Crippen LogP contribution in [0.1, 0.15) is 374 Å². The third-order valence-corrected chi connectivity index (χ3v) is 15.7. The van der Waals surface area contributed by atoms with E-state index in [0.29, 0.717) is 19.3 Å². The van der Waals surface area contributed by atoms with E-state index in [1.165, 1.54) is 225 Å². The minimum atomic E-state index is -0.786. The van der Waals surface area contributed by atoms with Gasteiger partial charge in [-0.2, -0.15) is 0 Å². The van der Waals surface area contributed by atoms with Crippen LogP contribution in [0.3, 0.4) is 0 Å². The van der Waals surface area contributed by atoms with Gasteiger partial charge in [-0.25, -0.2) is 0 Å². The van der Waals surface area contributed by atoms with Crippen LogP contribution in [0.25, 0.3) is 0 Å². The van der Waals surface area contributed by atoms with E-state index in [2.05, 4.69) is 81.5 Å². The average Bonchev–Trinajstić information content (AvgIpc) is 3.46. The van der Waals surface area contributed by atoms with Gasteiger partial charge in [0.05, 0.1) is 0 Å². The van der Waals surface area contributed by atoms with Gasteiger partial charge in [-0.3, -0.25) is 14.4 Å². The van der Waals surface area contributed by atoms with Gasteiger partial charge in [0.25, 0.3) is 0 Å². The molecule has 0 aliphatic rings. The first-order chi connectivity index (χ1) is 39.5. The van der Waals surface area contributed by atoms with Crippen molar-refractivity contribution < 1.29 is 28.6 Å². The van der Waals surface area contributed by atoms with E-state index in [4.69, 9.17) is 14.2 Å². The van der Waals surface area contributed by atoms with Crippen molar-refractivity contribution in [2.24, 2.45) is 0 Å². The molecule has 466 valence electrons. The first kappa shape index (κ1) is 77.1. The lowest BCUT2D eigenvalue weighted by Gasteiger charge is -2.18. The van der Waals surface area contributed by atoms with Gasteiger partial charge in [-0.1, -0.05) is 313 Å². The van der Waals surface area contributed by atoms with Crippen molar-refractivity contribution in [2.45, 2.75) is 380 Å². The molecule has 0 aromatic rings. The molecule has 0 rings (SSSR count). The monoisotopic (exact) mass is 1120 g/mol. The molecule has 0 radical (unpaired) electrons. The van der Waals surface area contributed by atoms with Crippen molar-refractivity contribution in [3.63, 3.8) is 0 Å². The average molecular weight is 1120 g/mol. The minimum absolute atomic E-state index is 0.0799. The van der Waals surface area contributed by atoms with Crippen molar-refractivity contribution in [1.29, 1.82) is 0 Å². The molecule has 6 nitrogen and oxygen atoms in total. The van der Waals surface area contributed by atoms with E-state index >= 15 is 0 Å². The van der Waals surface area contributed by atoms with Crippen LogP contribution >= 0.6 is 0 Å². The summed E-state index contributed by atoms with van der Waals surface area (Å²) in [6, 6.07) is 0. The lowest BCUT2D eigenvalue weighted by atomic mass is 10.0. The van der Waals surface area contributed by atoms with Crippen molar-refractivity contribution in [3.05, 3.63) is 60.8 Å². The van der Waals surface area contributed by atoms with Crippen LogP contribution in [0.4, 0.5) is 0 Å². The molecule has 1 unspecified atom stereocenters. The summed E-state index contributed by atoms with van der Waals surface area (Å²) in [5.74, 6) is -0.885. The maximum Gasteiger partial charge on any atom is 0.306 e. The van der Waals surface area contributed by atoms with Crippen LogP contribution in [-0.2, 0) is 28.6 Å². The third-order valence-electron chi connectivity index (χ3n) is 15.7. The number of ether oxygens (including phenoxy) is 3. The molecule has 0 heterocycles. The number of hydrogen-bond acceptors (Lipinski definition) is 6. The maximum atomic E-state index is 12.9. The second-order valence-electron chi connectivity index (χ2n) is 23.8. The number of hydrogen-bond donors (Lipinski definition) is 0. The second kappa shape index (κ2) is 68.6. The molecule has 0 N–H and O–H groups in total. The quantitative estimate of drug-likeness (QED) is 0.0261. The maximum absolute atomic E-state index is 12.9. The van der Waals surface area contributed by atoms with Crippen molar-refractivity contribution >= 4 is 17.9 Å². The van der Waals surface area contributed by atoms with E-state index in [1.54, 1.807) is 0 Å². The normalized spacial score (nSPS) is 12.4. The smallest absolute Gasteiger partial charge is 0.306 e. The van der Waals surface area contributed by atoms with E-state index in [-0.39, 0.29) is 31.1 Å². The van der Waals surface area contributed by atoms with Crippen LogP contribution < -0.4 is 0 Å². The fourth-order valence-electron chi connectivity index (χ4n) is 10.5. The fraction of sp³-hybridized carbons (Fsp3) is 0.824. The summed E-state index contributed by atoms with van der Waals surface area (Å²) in [6.45, 7) is 6.56. The zero-order valence-corrected chi connectivity index (χ0v) is 53.6. The Bertz CT molecular complexity index is 1430. The molecule has 0 amide bonds. The number of allylic oxidation sites excluding steroid dienone is 10. The predicted molar refractivity (Wildman–Crippen MR) is 348 cm³/mol. The Labute approximate surface area is 498 Å². The van der Waals surface area contributed by atoms with Crippen LogP contribution in [0.2, 0.25) is 0 Å². The first-order valence-corrected chi connectivity index (χ1v) is 35.3. The summed E-state index contributed by atoms with van der Waals surface area (Å²) >= 11 is 0. The first-order valence-electron chi connectivity index (χ1n) is 35.3. The minimum Gasteiger partial charge on any atom is -0.462 e. The number of carbonyl (C=O) groups excluding carboxylic acids is 3. The number of rotatable bonds is 65. The summed E-state index contributed by atoms with van der Waals surface area (Å²) in [5, 5.41) is 0. The molecule has 0 saturated carbocycles. The Morgan fingerprint density at radius 2 is 0.487 bits per heavy atom. The highest BCUT2D eigenvalue weighted by atomic mass is 16.6. The lowest BCUT2D eigenvalue weighted by Crippen LogP contribution is -2.30. The van der Waals surface area contributed by atoms with Gasteiger partial charge in [0.2, 0.25) is 0 Å². The molecule has 1 atom stereocenters. The molecule has 0 spiro atoms. The van der Waals surface area contributed by atoms with E-state index in [1.807, 2.05) is 0 Å². The molecule has 6 heteroatoms. The fourth-order valence-corrected chi connectivity index (χ4v) is 10.5. The van der Waals surface area contributed by atoms with Gasteiger partial charge in [0, 0.05) is 19.3 Å². The molecular weight excluding hydrogens is 985 g/mol. The molecule has 80 heavy (non-hydrogen) atoms. The summed E-state index contributed by atoms with van der Waals surface area (Å²) in [6.07, 6.45) is 88.3.